The van der Waals surface area contributed by atoms with Crippen molar-refractivity contribution in [3.8, 4) is 5.75 Å². The molecule has 1 atom stereocenters. The van der Waals surface area contributed by atoms with Crippen LogP contribution in [0.2, 0.25) is 0 Å². The molecule has 2 rings (SSSR count). The summed E-state index contributed by atoms with van der Waals surface area (Å²) in [6.07, 6.45) is 0. The molecule has 0 aliphatic carbocycles. The fraction of sp³-hybridized carbons (Fsp3) is 0.500. The predicted molar refractivity (Wildman–Crippen MR) is 85.1 cm³/mol. The van der Waals surface area contributed by atoms with Gasteiger partial charge in [-0.3, -0.25) is 9.59 Å². The summed E-state index contributed by atoms with van der Waals surface area (Å²) in [6, 6.07) is 7.30. The zero-order chi connectivity index (χ0) is 16.3. The van der Waals surface area contributed by atoms with Crippen molar-refractivity contribution in [1.82, 2.24) is 9.80 Å². The lowest BCUT2D eigenvalue weighted by molar-refractivity contribution is -0.143. The molecule has 1 saturated heterocycles. The first kappa shape index (κ1) is 16.1. The highest BCUT2D eigenvalue weighted by Crippen LogP contribution is 2.23. The molecule has 0 N–H and O–H groups in total. The number of anilines is 1. The molecule has 1 aliphatic rings. The van der Waals surface area contributed by atoms with Gasteiger partial charge in [0.2, 0.25) is 11.8 Å². The van der Waals surface area contributed by atoms with Gasteiger partial charge in [0.25, 0.3) is 0 Å². The summed E-state index contributed by atoms with van der Waals surface area (Å²) in [7, 11) is 5.06. The quantitative estimate of drug-likeness (QED) is 0.830. The second kappa shape index (κ2) is 6.68. The first-order chi connectivity index (χ1) is 10.4. The topological polar surface area (TPSA) is 53.1 Å². The minimum absolute atomic E-state index is 0.0478. The molecule has 0 aromatic heterocycles. The van der Waals surface area contributed by atoms with Crippen LogP contribution >= 0.6 is 0 Å². The number of rotatable bonds is 3. The molecular formula is C16H23N3O3. The standard InChI is InChI=1S/C16H23N3O3/c1-12(20)19-10-9-18(11-15(19)16(21)17(2)3)13-5-7-14(22-4)8-6-13/h5-8,15H,9-11H2,1-4H3/t15-/m0/s1. The van der Waals surface area contributed by atoms with Crippen molar-refractivity contribution < 1.29 is 14.3 Å². The minimum atomic E-state index is -0.441. The van der Waals surface area contributed by atoms with Crippen LogP contribution in [-0.2, 0) is 9.59 Å². The number of hydrogen-bond donors (Lipinski definition) is 0. The van der Waals surface area contributed by atoms with E-state index in [0.717, 1.165) is 11.4 Å². The molecule has 0 saturated carbocycles. The van der Waals surface area contributed by atoms with Gasteiger partial charge in [-0.25, -0.2) is 0 Å². The zero-order valence-electron chi connectivity index (χ0n) is 13.6. The number of ether oxygens (including phenoxy) is 1. The minimum Gasteiger partial charge on any atom is -0.497 e. The van der Waals surface area contributed by atoms with Crippen LogP contribution in [0.5, 0.6) is 5.75 Å². The van der Waals surface area contributed by atoms with Crippen LogP contribution in [0, 0.1) is 0 Å². The zero-order valence-corrected chi connectivity index (χ0v) is 13.6. The Kier molecular flexibility index (Phi) is 4.90. The van der Waals surface area contributed by atoms with E-state index in [0.29, 0.717) is 19.6 Å². The number of likely N-dealkylation sites (N-methyl/N-ethyl adjacent to an activating group) is 1. The van der Waals surface area contributed by atoms with Crippen molar-refractivity contribution in [3.05, 3.63) is 24.3 Å². The van der Waals surface area contributed by atoms with Gasteiger partial charge in [-0.15, -0.1) is 0 Å². The van der Waals surface area contributed by atoms with Crippen LogP contribution in [0.15, 0.2) is 24.3 Å². The van der Waals surface area contributed by atoms with Crippen LogP contribution in [0.4, 0.5) is 5.69 Å². The molecule has 0 unspecified atom stereocenters. The van der Waals surface area contributed by atoms with Crippen LogP contribution < -0.4 is 9.64 Å². The van der Waals surface area contributed by atoms with Crippen molar-refractivity contribution in [2.75, 3.05) is 45.7 Å². The van der Waals surface area contributed by atoms with E-state index in [4.69, 9.17) is 4.74 Å². The van der Waals surface area contributed by atoms with Crippen molar-refractivity contribution in [2.45, 2.75) is 13.0 Å². The summed E-state index contributed by atoms with van der Waals surface area (Å²) < 4.78 is 5.16. The summed E-state index contributed by atoms with van der Waals surface area (Å²) in [5.41, 5.74) is 1.03. The Labute approximate surface area is 131 Å². The molecule has 22 heavy (non-hydrogen) atoms. The van der Waals surface area contributed by atoms with E-state index in [9.17, 15) is 9.59 Å². The lowest BCUT2D eigenvalue weighted by atomic mass is 10.1. The highest BCUT2D eigenvalue weighted by molar-refractivity contribution is 5.87. The Morgan fingerprint density at radius 2 is 1.82 bits per heavy atom. The van der Waals surface area contributed by atoms with Gasteiger partial charge in [0, 0.05) is 46.3 Å². The number of hydrogen-bond acceptors (Lipinski definition) is 4. The number of amides is 2. The van der Waals surface area contributed by atoms with Gasteiger partial charge in [-0.1, -0.05) is 0 Å². The van der Waals surface area contributed by atoms with Gasteiger partial charge in [-0.2, -0.15) is 0 Å². The van der Waals surface area contributed by atoms with E-state index >= 15 is 0 Å². The van der Waals surface area contributed by atoms with E-state index in [1.165, 1.54) is 11.8 Å². The second-order valence-corrected chi connectivity index (χ2v) is 5.60. The number of carbonyl (C=O) groups excluding carboxylic acids is 2. The normalized spacial score (nSPS) is 18.1. The summed E-state index contributed by atoms with van der Waals surface area (Å²) in [5.74, 6) is 0.690. The molecule has 0 bridgehead atoms. The number of nitrogens with zero attached hydrogens (tertiary/aromatic N) is 3. The van der Waals surface area contributed by atoms with Crippen LogP contribution in [0.1, 0.15) is 6.92 Å². The predicted octanol–water partition coefficient (Wildman–Crippen LogP) is 0.821. The number of piperazine rings is 1. The number of methoxy groups -OCH3 is 1. The lowest BCUT2D eigenvalue weighted by Gasteiger charge is -2.42. The number of carbonyl (C=O) groups is 2. The molecule has 6 heteroatoms. The first-order valence-electron chi connectivity index (χ1n) is 7.31. The average molecular weight is 305 g/mol. The van der Waals surface area contributed by atoms with Crippen LogP contribution in [0.3, 0.4) is 0 Å². The monoisotopic (exact) mass is 305 g/mol. The third-order valence-corrected chi connectivity index (χ3v) is 3.95. The van der Waals surface area contributed by atoms with E-state index in [1.807, 2.05) is 24.3 Å². The third kappa shape index (κ3) is 3.32. The van der Waals surface area contributed by atoms with Crippen molar-refractivity contribution in [1.29, 1.82) is 0 Å². The SMILES string of the molecule is COc1ccc(N2CCN(C(C)=O)[C@H](C(=O)N(C)C)C2)cc1. The lowest BCUT2D eigenvalue weighted by Crippen LogP contribution is -2.60. The average Bonchev–Trinajstić information content (AvgIpc) is 2.53. The van der Waals surface area contributed by atoms with E-state index in [1.54, 1.807) is 26.1 Å². The molecule has 1 aromatic carbocycles. The summed E-state index contributed by atoms with van der Waals surface area (Å²) in [4.78, 5) is 29.5. The smallest absolute Gasteiger partial charge is 0.246 e. The van der Waals surface area contributed by atoms with Crippen molar-refractivity contribution in [3.63, 3.8) is 0 Å². The van der Waals surface area contributed by atoms with Crippen molar-refractivity contribution >= 4 is 17.5 Å². The van der Waals surface area contributed by atoms with Gasteiger partial charge < -0.3 is 19.4 Å². The highest BCUT2D eigenvalue weighted by Gasteiger charge is 2.34. The van der Waals surface area contributed by atoms with Gasteiger partial charge in [-0.05, 0) is 24.3 Å². The molecule has 1 aliphatic heterocycles. The molecular weight excluding hydrogens is 282 g/mol. The van der Waals surface area contributed by atoms with Gasteiger partial charge in [0.1, 0.15) is 11.8 Å². The van der Waals surface area contributed by atoms with E-state index in [-0.39, 0.29) is 11.8 Å². The van der Waals surface area contributed by atoms with E-state index < -0.39 is 6.04 Å². The Bertz CT molecular complexity index is 542. The number of benzene rings is 1. The molecule has 1 heterocycles. The molecule has 0 radical (unpaired) electrons. The molecule has 1 fully saturated rings. The van der Waals surface area contributed by atoms with Crippen LogP contribution in [0.25, 0.3) is 0 Å². The Morgan fingerprint density at radius 3 is 2.32 bits per heavy atom. The molecule has 2 amide bonds. The summed E-state index contributed by atoms with van der Waals surface area (Å²) in [5, 5.41) is 0. The fourth-order valence-electron chi connectivity index (χ4n) is 2.70. The highest BCUT2D eigenvalue weighted by atomic mass is 16.5. The molecule has 1 aromatic rings. The third-order valence-electron chi connectivity index (χ3n) is 3.95. The maximum absolute atomic E-state index is 12.4. The maximum Gasteiger partial charge on any atom is 0.246 e. The summed E-state index contributed by atoms with van der Waals surface area (Å²) in [6.45, 7) is 3.27. The van der Waals surface area contributed by atoms with Gasteiger partial charge in [0.05, 0.1) is 7.11 Å². The van der Waals surface area contributed by atoms with Gasteiger partial charge in [0.15, 0.2) is 0 Å². The molecule has 6 nitrogen and oxygen atoms in total. The maximum atomic E-state index is 12.4. The Hall–Kier alpha value is -2.24. The van der Waals surface area contributed by atoms with E-state index in [2.05, 4.69) is 4.90 Å². The van der Waals surface area contributed by atoms with Gasteiger partial charge >= 0.3 is 0 Å². The first-order valence-corrected chi connectivity index (χ1v) is 7.31. The Balaban J connectivity index is 2.19. The second-order valence-electron chi connectivity index (χ2n) is 5.60. The van der Waals surface area contributed by atoms with Crippen LogP contribution in [-0.4, -0.2) is 68.5 Å². The summed E-state index contributed by atoms with van der Waals surface area (Å²) >= 11 is 0. The molecule has 120 valence electrons. The largest absolute Gasteiger partial charge is 0.497 e. The fourth-order valence-corrected chi connectivity index (χ4v) is 2.70. The Morgan fingerprint density at radius 1 is 1.18 bits per heavy atom. The van der Waals surface area contributed by atoms with Crippen molar-refractivity contribution in [2.24, 2.45) is 0 Å². The molecule has 0 spiro atoms.